The fourth-order valence-corrected chi connectivity index (χ4v) is 6.38. The van der Waals surface area contributed by atoms with Crippen LogP contribution in [0.2, 0.25) is 0 Å². The van der Waals surface area contributed by atoms with Gasteiger partial charge in [0.15, 0.2) is 17.5 Å². The third-order valence-electron chi connectivity index (χ3n) is 8.48. The summed E-state index contributed by atoms with van der Waals surface area (Å²) in [4.78, 5) is 14.8. The Morgan fingerprint density at radius 2 is 0.938 bits per heavy atom. The molecule has 0 unspecified atom stereocenters. The summed E-state index contributed by atoms with van der Waals surface area (Å²) in [5, 5.41) is 2.69. The van der Waals surface area contributed by atoms with Crippen LogP contribution in [0.3, 0.4) is 0 Å². The van der Waals surface area contributed by atoms with Gasteiger partial charge in [-0.25, -0.2) is 15.0 Å². The third kappa shape index (κ3) is 4.08. The lowest BCUT2D eigenvalue weighted by atomic mass is 9.93. The van der Waals surface area contributed by atoms with Gasteiger partial charge in [-0.15, -0.1) is 0 Å². The van der Waals surface area contributed by atoms with Gasteiger partial charge in [-0.3, -0.25) is 0 Å². The molecule has 0 spiro atoms. The average Bonchev–Trinajstić information content (AvgIpc) is 3.79. The Hall–Kier alpha value is -6.59. The van der Waals surface area contributed by atoms with Crippen molar-refractivity contribution in [3.05, 3.63) is 151 Å². The summed E-state index contributed by atoms with van der Waals surface area (Å²) < 4.78 is 97.8. The van der Waals surface area contributed by atoms with E-state index >= 15 is 0 Å². The highest BCUT2D eigenvalue weighted by Gasteiger charge is 2.20. The fraction of sp³-hybridized carbons (Fsp3) is 0. The van der Waals surface area contributed by atoms with Gasteiger partial charge in [0.25, 0.3) is 0 Å². The first-order valence-electron chi connectivity index (χ1n) is 20.1. The van der Waals surface area contributed by atoms with E-state index in [-0.39, 0.29) is 117 Å². The van der Waals surface area contributed by atoms with Gasteiger partial charge in [0.05, 0.1) is 13.7 Å². The maximum atomic E-state index is 9.12. The first kappa shape index (κ1) is 18.5. The topological polar surface area (TPSA) is 65.0 Å². The van der Waals surface area contributed by atoms with Gasteiger partial charge in [0.1, 0.15) is 22.3 Å². The van der Waals surface area contributed by atoms with E-state index in [2.05, 4.69) is 0 Å². The zero-order valence-corrected chi connectivity index (χ0v) is 24.8. The number of nitrogens with zero attached hydrogens (tertiary/aromatic N) is 3. The maximum absolute atomic E-state index is 9.12. The number of rotatable bonds is 4. The van der Waals surface area contributed by atoms with Crippen molar-refractivity contribution in [2.45, 2.75) is 0 Å². The highest BCUT2D eigenvalue weighted by atomic mass is 16.3. The molecule has 3 heterocycles. The molecule has 0 atom stereocenters. The van der Waals surface area contributed by atoms with Gasteiger partial charge in [0.2, 0.25) is 0 Å². The number of hydrogen-bond donors (Lipinski definition) is 0. The lowest BCUT2D eigenvalue weighted by molar-refractivity contribution is 0.668. The zero-order chi connectivity index (χ0) is 40.3. The van der Waals surface area contributed by atoms with Crippen molar-refractivity contribution in [2.75, 3.05) is 0 Å². The minimum Gasteiger partial charge on any atom is -0.456 e. The molecule has 0 N–H and O–H groups in total. The minimum atomic E-state index is -0.325. The van der Waals surface area contributed by atoms with Gasteiger partial charge in [0, 0.05) is 38.2 Å². The molecule has 10 rings (SSSR count). The van der Waals surface area contributed by atoms with Crippen molar-refractivity contribution in [1.29, 1.82) is 0 Å². The summed E-state index contributed by atoms with van der Waals surface area (Å²) >= 11 is 0. The van der Waals surface area contributed by atoms with E-state index in [0.29, 0.717) is 43.8 Å². The quantitative estimate of drug-likeness (QED) is 0.195. The second-order valence-electron chi connectivity index (χ2n) is 11.2. The molecule has 5 heteroatoms. The molecule has 10 aromatic rings. The predicted molar refractivity (Wildman–Crippen MR) is 194 cm³/mol. The molecule has 0 bridgehead atoms. The second-order valence-corrected chi connectivity index (χ2v) is 11.2. The number of aromatic nitrogens is 3. The standard InChI is InChI=1S/C43H25N3O2/c1-2-12-26(13-3-1)41-44-42(46-43(45-41)34-21-11-25-38-40(34)33-15-5-7-23-36(33)48-38)31-20-9-16-27-28(17-8-18-29(27)31)30-19-10-24-37-39(30)32-14-4-6-22-35(32)47-37/h1-25H/i4D,5D,6D,7D,19D,21D,22D,23D,24D,25D. The highest BCUT2D eigenvalue weighted by Crippen LogP contribution is 2.41. The summed E-state index contributed by atoms with van der Waals surface area (Å²) in [6.45, 7) is 0. The van der Waals surface area contributed by atoms with Gasteiger partial charge in [-0.05, 0) is 46.1 Å². The molecule has 5 nitrogen and oxygen atoms in total. The molecule has 0 amide bonds. The molecule has 0 aliphatic carbocycles. The molecular weight excluding hydrogens is 590 g/mol. The first-order chi connectivity index (χ1) is 27.9. The Bertz CT molecular complexity index is 3420. The van der Waals surface area contributed by atoms with Crippen molar-refractivity contribution in [3.8, 4) is 45.3 Å². The number of fused-ring (bicyclic) bond motifs is 7. The van der Waals surface area contributed by atoms with Crippen molar-refractivity contribution >= 4 is 54.6 Å². The molecule has 0 saturated heterocycles. The monoisotopic (exact) mass is 625 g/mol. The van der Waals surface area contributed by atoms with E-state index in [1.165, 1.54) is 24.3 Å². The smallest absolute Gasteiger partial charge is 0.164 e. The fourth-order valence-electron chi connectivity index (χ4n) is 6.38. The lowest BCUT2D eigenvalue weighted by Gasteiger charge is -2.13. The van der Waals surface area contributed by atoms with Crippen molar-refractivity contribution in [3.63, 3.8) is 0 Å². The number of benzene rings is 7. The normalized spacial score (nSPS) is 14.7. The number of para-hydroxylation sites is 2. The van der Waals surface area contributed by atoms with E-state index in [9.17, 15) is 0 Å². The van der Waals surface area contributed by atoms with Crippen LogP contribution in [0.4, 0.5) is 0 Å². The SMILES string of the molecule is [2H]c1cc2c(oc3c([2H])cc([2H])c(-c4nc(-c5ccccc5)nc(-c5cccc6c(-c7c([2H])cc([2H])c8oc9c([2H])c([2H])c([2H])cc9c78)cccc56)n4)c32)c([2H])c1[2H]. The molecule has 0 radical (unpaired) electrons. The van der Waals surface area contributed by atoms with Crippen molar-refractivity contribution in [1.82, 2.24) is 15.0 Å². The van der Waals surface area contributed by atoms with E-state index in [4.69, 9.17) is 37.5 Å². The summed E-state index contributed by atoms with van der Waals surface area (Å²) in [7, 11) is 0. The Labute approximate surface area is 288 Å². The molecule has 0 aliphatic heterocycles. The zero-order valence-electron chi connectivity index (χ0n) is 34.8. The van der Waals surface area contributed by atoms with Crippen LogP contribution >= 0.6 is 0 Å². The number of furan rings is 2. The van der Waals surface area contributed by atoms with E-state index in [1.807, 2.05) is 66.7 Å². The molecule has 48 heavy (non-hydrogen) atoms. The van der Waals surface area contributed by atoms with E-state index in [1.54, 1.807) is 0 Å². The summed E-state index contributed by atoms with van der Waals surface area (Å²) in [5.41, 5.74) is 2.75. The Morgan fingerprint density at radius 1 is 0.375 bits per heavy atom. The third-order valence-corrected chi connectivity index (χ3v) is 8.48. The molecule has 7 aromatic carbocycles. The second kappa shape index (κ2) is 10.5. The van der Waals surface area contributed by atoms with Crippen LogP contribution in [-0.2, 0) is 0 Å². The van der Waals surface area contributed by atoms with Crippen LogP contribution < -0.4 is 0 Å². The van der Waals surface area contributed by atoms with E-state index < -0.39 is 0 Å². The van der Waals surface area contributed by atoms with Crippen LogP contribution in [0.25, 0.3) is 99.9 Å². The van der Waals surface area contributed by atoms with Crippen LogP contribution in [0.1, 0.15) is 13.7 Å². The van der Waals surface area contributed by atoms with Gasteiger partial charge < -0.3 is 8.83 Å². The van der Waals surface area contributed by atoms with Crippen molar-refractivity contribution in [2.24, 2.45) is 0 Å². The molecule has 0 aliphatic rings. The Balaban J connectivity index is 1.26. The maximum Gasteiger partial charge on any atom is 0.164 e. The highest BCUT2D eigenvalue weighted by molar-refractivity contribution is 6.16. The lowest BCUT2D eigenvalue weighted by Crippen LogP contribution is -2.01. The molecule has 224 valence electrons. The van der Waals surface area contributed by atoms with Gasteiger partial charge >= 0.3 is 0 Å². The Kier molecular flexibility index (Phi) is 4.04. The summed E-state index contributed by atoms with van der Waals surface area (Å²) in [6, 6.07) is 24.0. The van der Waals surface area contributed by atoms with Gasteiger partial charge in [-0.2, -0.15) is 0 Å². The van der Waals surface area contributed by atoms with E-state index in [0.717, 1.165) is 0 Å². The average molecular weight is 626 g/mol. The van der Waals surface area contributed by atoms with Crippen LogP contribution in [0, 0.1) is 0 Å². The van der Waals surface area contributed by atoms with Gasteiger partial charge in [-0.1, -0.05) is 127 Å². The predicted octanol–water partition coefficient (Wildman–Crippen LogP) is 11.5. The number of hydrogen-bond acceptors (Lipinski definition) is 5. The largest absolute Gasteiger partial charge is 0.456 e. The van der Waals surface area contributed by atoms with Crippen LogP contribution in [0.5, 0.6) is 0 Å². The summed E-state index contributed by atoms with van der Waals surface area (Å²) in [6.07, 6.45) is 0. The molecule has 0 saturated carbocycles. The Morgan fingerprint density at radius 3 is 1.62 bits per heavy atom. The molecular formula is C43H25N3O2. The van der Waals surface area contributed by atoms with Crippen LogP contribution in [0.15, 0.2) is 160 Å². The minimum absolute atomic E-state index is 0.0141. The van der Waals surface area contributed by atoms with Crippen LogP contribution in [-0.4, -0.2) is 15.0 Å². The molecule has 3 aromatic heterocycles. The summed E-state index contributed by atoms with van der Waals surface area (Å²) in [5.74, 6) is 0.613. The molecule has 0 fully saturated rings. The first-order valence-corrected chi connectivity index (χ1v) is 15.1. The van der Waals surface area contributed by atoms with Crippen molar-refractivity contribution < 1.29 is 22.5 Å².